The summed E-state index contributed by atoms with van der Waals surface area (Å²) in [6.07, 6.45) is 4.93. The molecule has 2 aromatic carbocycles. The molecule has 0 spiro atoms. The second-order valence-electron chi connectivity index (χ2n) is 23.6. The molecule has 92 heavy (non-hydrogen) atoms. The average Bonchev–Trinajstić information content (AvgIpc) is 1.57. The number of halogens is 1. The van der Waals surface area contributed by atoms with E-state index >= 15 is 0 Å². The summed E-state index contributed by atoms with van der Waals surface area (Å²) in [5, 5.41) is 20.5. The van der Waals surface area contributed by atoms with Gasteiger partial charge in [0.25, 0.3) is 11.8 Å². The van der Waals surface area contributed by atoms with Gasteiger partial charge in [-0.1, -0.05) is 60.9 Å². The lowest BCUT2D eigenvalue weighted by Crippen LogP contribution is -2.63. The summed E-state index contributed by atoms with van der Waals surface area (Å²) in [5.41, 5.74) is -0.549. The molecule has 1 aliphatic carbocycles. The zero-order valence-electron chi connectivity index (χ0n) is 53.4. The molecule has 28 nitrogen and oxygen atoms in total. The average molecular weight is 1310 g/mol. The van der Waals surface area contributed by atoms with E-state index in [2.05, 4.69) is 16.0 Å². The maximum atomic E-state index is 14.4. The molecule has 2 aromatic rings. The largest absolute Gasteiger partial charge is 0.495 e. The fourth-order valence-corrected chi connectivity index (χ4v) is 11.2. The van der Waals surface area contributed by atoms with Gasteiger partial charge in [0.1, 0.15) is 66.6 Å². The lowest BCUT2D eigenvalue weighted by molar-refractivity contribution is -0.196. The minimum Gasteiger partial charge on any atom is -0.495 e. The molecule has 4 bridgehead atoms. The van der Waals surface area contributed by atoms with Gasteiger partial charge in [-0.25, -0.2) is 28.8 Å². The van der Waals surface area contributed by atoms with Gasteiger partial charge in [0.05, 0.1) is 43.1 Å². The van der Waals surface area contributed by atoms with Gasteiger partial charge in [-0.3, -0.25) is 29.8 Å². The van der Waals surface area contributed by atoms with Gasteiger partial charge in [0, 0.05) is 73.6 Å². The van der Waals surface area contributed by atoms with Crippen LogP contribution in [0.1, 0.15) is 103 Å². The molecule has 4 aliphatic heterocycles. The van der Waals surface area contributed by atoms with Gasteiger partial charge >= 0.3 is 36.3 Å². The first-order valence-corrected chi connectivity index (χ1v) is 30.7. The number of epoxide rings is 1. The maximum Gasteiger partial charge on any atom is 0.412 e. The monoisotopic (exact) mass is 1310 g/mol. The third-order valence-electron chi connectivity index (χ3n) is 16.7. The zero-order chi connectivity index (χ0) is 67.2. The summed E-state index contributed by atoms with van der Waals surface area (Å²) in [7, 11) is 8.58. The van der Waals surface area contributed by atoms with Crippen LogP contribution in [0, 0.1) is 5.92 Å². The van der Waals surface area contributed by atoms with E-state index in [1.807, 2.05) is 25.2 Å². The van der Waals surface area contributed by atoms with E-state index in [0.29, 0.717) is 34.9 Å². The first-order valence-electron chi connectivity index (χ1n) is 30.3. The predicted octanol–water partition coefficient (Wildman–Crippen LogP) is 6.70. The molecule has 8 amide bonds. The van der Waals surface area contributed by atoms with Gasteiger partial charge in [-0.05, 0) is 94.3 Å². The number of benzene rings is 2. The molecule has 0 saturated carbocycles. The number of hydrogen-bond donors (Lipinski definition) is 4. The number of anilines is 3. The Labute approximate surface area is 538 Å². The van der Waals surface area contributed by atoms with Crippen molar-refractivity contribution >= 4 is 88.6 Å². The summed E-state index contributed by atoms with van der Waals surface area (Å²) >= 11 is 6.83. The number of rotatable bonds is 19. The lowest BCUT2D eigenvalue weighted by atomic mass is 9.83. The standard InChI is InChI=1S/C63H83ClN8O20/c1-37-17-16-20-48(85-10)63(83)34-47(89-59(80)67-63)38(2)56-62(4,91-56)49(33-53(76)71(8)45-31-41(29-37)32-46(84-9)55(45)64)90-57(78)39(3)70(7)50(73)25-28-86-60(81)68(5)26-27-69(6)61(82)87-36-40-21-22-43(66-58(79)88-42-18-14-12-11-13-15-19-42)44(30-40)65-35-54(77)92-72-51(74)23-24-52(72)75/h14,16-18,20-22,30-32,38-39,42,47-49,56,65,83H,11-13,15,19,23-29,33-36H2,1-10H3,(H,66,79)(H,67,80)/b18-14+,20-16+,37-17+/t38-,39+,42?,47+,48-,49+,56+,62?,63+/m1/s1. The topological polar surface area (TPSA) is 330 Å². The highest BCUT2D eigenvalue weighted by Crippen LogP contribution is 2.49. The van der Waals surface area contributed by atoms with E-state index in [1.54, 1.807) is 44.2 Å². The van der Waals surface area contributed by atoms with E-state index in [-0.39, 0.29) is 61.8 Å². The molecular formula is C63H83ClN8O20. The van der Waals surface area contributed by atoms with Crippen molar-refractivity contribution < 1.29 is 95.8 Å². The number of allylic oxidation sites excluding steroid dienone is 4. The number of nitrogens with one attached hydrogen (secondary N) is 3. The fourth-order valence-electron chi connectivity index (χ4n) is 10.9. The highest BCUT2D eigenvalue weighted by Gasteiger charge is 2.64. The number of likely N-dealkylation sites (N-methyl/N-ethyl adjacent to an activating group) is 3. The minimum absolute atomic E-state index is 0.0227. The Morgan fingerprint density at radius 3 is 2.32 bits per heavy atom. The van der Waals surface area contributed by atoms with E-state index in [1.165, 1.54) is 76.2 Å². The SMILES string of the molecule is COc1cc2cc(c1Cl)N(C)C(=O)C[C@H](OC(=O)[C@H](C)N(C)C(=O)CCOC(=O)N(C)CCN(C)C(=O)OCc1ccc(NC(=O)OC3/C=C/CCCCC3)c(NCC(=O)ON3C(=O)CCC3=O)c1)C1(C)O[C@H]1[C@H](C)[C@@H]1C[C@@](O)(NC(=O)O1)[C@H](OC)/C=C/C=C(\C)C2. The quantitative estimate of drug-likeness (QED) is 0.0374. The van der Waals surface area contributed by atoms with Crippen molar-refractivity contribution in [2.45, 2.75) is 153 Å². The molecule has 3 fully saturated rings. The molecule has 7 rings (SSSR count). The van der Waals surface area contributed by atoms with E-state index in [0.717, 1.165) is 41.7 Å². The third-order valence-corrected chi connectivity index (χ3v) is 17.1. The Morgan fingerprint density at radius 1 is 0.913 bits per heavy atom. The molecule has 0 aromatic heterocycles. The number of amides is 8. The van der Waals surface area contributed by atoms with Gasteiger partial charge in [0.15, 0.2) is 5.72 Å². The van der Waals surface area contributed by atoms with Gasteiger partial charge in [-0.15, -0.1) is 5.06 Å². The number of carbonyl (C=O) groups is 10. The van der Waals surface area contributed by atoms with E-state index < -0.39 is 133 Å². The fraction of sp³-hybridized carbons (Fsp3) is 0.556. The van der Waals surface area contributed by atoms with Crippen LogP contribution in [-0.4, -0.2) is 201 Å². The first kappa shape index (κ1) is 71.0. The molecule has 9 atom stereocenters. The van der Waals surface area contributed by atoms with E-state index in [4.69, 9.17) is 54.3 Å². The second kappa shape index (κ2) is 31.7. The Morgan fingerprint density at radius 2 is 1.62 bits per heavy atom. The van der Waals surface area contributed by atoms with Crippen molar-refractivity contribution in [2.75, 3.05) is 84.2 Å². The maximum absolute atomic E-state index is 14.4. The molecule has 2 unspecified atom stereocenters. The van der Waals surface area contributed by atoms with Crippen LogP contribution in [0.25, 0.3) is 0 Å². The number of imide groups is 1. The molecule has 29 heteroatoms. The number of fused-ring (bicyclic) bond motifs is 5. The Bertz CT molecular complexity index is 3180. The van der Waals surface area contributed by atoms with Crippen molar-refractivity contribution in [3.05, 3.63) is 82.4 Å². The Kier molecular flexibility index (Phi) is 24.5. The molecule has 3 saturated heterocycles. The predicted molar refractivity (Wildman–Crippen MR) is 331 cm³/mol. The molecule has 502 valence electrons. The number of alkyl carbamates (subject to hydrolysis) is 1. The van der Waals surface area contributed by atoms with Crippen LogP contribution in [0.4, 0.5) is 36.2 Å². The first-order chi connectivity index (χ1) is 43.6. The third kappa shape index (κ3) is 18.4. The number of ether oxygens (including phenoxy) is 8. The summed E-state index contributed by atoms with van der Waals surface area (Å²) in [6, 6.07) is 6.83. The highest BCUT2D eigenvalue weighted by atomic mass is 35.5. The minimum atomic E-state index is -1.92. The van der Waals surface area contributed by atoms with Crippen molar-refractivity contribution in [1.82, 2.24) is 25.1 Å². The summed E-state index contributed by atoms with van der Waals surface area (Å²) in [5.74, 6) is -4.65. The van der Waals surface area contributed by atoms with Crippen LogP contribution < -0.4 is 25.6 Å². The van der Waals surface area contributed by atoms with Crippen LogP contribution in [-0.2, 0) is 79.8 Å². The van der Waals surface area contributed by atoms with Crippen LogP contribution in [0.15, 0.2) is 66.3 Å². The number of hydroxylamine groups is 2. The normalized spacial score (nSPS) is 25.7. The number of aliphatic hydroxyl groups is 1. The van der Waals surface area contributed by atoms with Crippen molar-refractivity contribution in [3.63, 3.8) is 0 Å². The lowest BCUT2D eigenvalue weighted by Gasteiger charge is -2.42. The Balaban J connectivity index is 0.925. The van der Waals surface area contributed by atoms with E-state index in [9.17, 15) is 53.1 Å². The number of carbonyl (C=O) groups excluding carboxylic acids is 10. The van der Waals surface area contributed by atoms with Gasteiger partial charge in [-0.2, -0.15) is 0 Å². The second-order valence-corrected chi connectivity index (χ2v) is 24.0. The summed E-state index contributed by atoms with van der Waals surface area (Å²) < 4.78 is 46.0. The molecular weight excluding hydrogens is 1220 g/mol. The Hall–Kier alpha value is -8.47. The van der Waals surface area contributed by atoms with Gasteiger partial charge < -0.3 is 72.8 Å². The number of methoxy groups -OCH3 is 2. The number of hydrogen-bond acceptors (Lipinski definition) is 21. The molecule has 5 aliphatic rings. The molecule has 4 N–H and O–H groups in total. The van der Waals surface area contributed by atoms with Crippen molar-refractivity contribution in [3.8, 4) is 5.75 Å². The summed E-state index contributed by atoms with van der Waals surface area (Å²) in [6.45, 7) is 5.44. The van der Waals surface area contributed by atoms with Gasteiger partial charge in [0.2, 0.25) is 11.8 Å². The zero-order valence-corrected chi connectivity index (χ0v) is 54.2. The number of esters is 1. The van der Waals surface area contributed by atoms with Crippen molar-refractivity contribution in [1.29, 1.82) is 0 Å². The van der Waals surface area contributed by atoms with Crippen LogP contribution in [0.2, 0.25) is 5.02 Å². The smallest absolute Gasteiger partial charge is 0.412 e. The molecule has 0 radical (unpaired) electrons. The van der Waals surface area contributed by atoms with Crippen LogP contribution in [0.5, 0.6) is 5.75 Å². The molecule has 4 heterocycles. The van der Waals surface area contributed by atoms with Crippen molar-refractivity contribution in [2.24, 2.45) is 5.92 Å². The van der Waals surface area contributed by atoms with Crippen LogP contribution >= 0.6 is 11.6 Å². The number of nitrogens with zero attached hydrogens (tertiary/aromatic N) is 5. The summed E-state index contributed by atoms with van der Waals surface area (Å²) in [4.78, 5) is 141. The van der Waals surface area contributed by atoms with Crippen LogP contribution in [0.3, 0.4) is 0 Å². The highest BCUT2D eigenvalue weighted by molar-refractivity contribution is 6.35.